The third kappa shape index (κ3) is 11.0. The average Bonchev–Trinajstić information content (AvgIpc) is 3.62. The van der Waals surface area contributed by atoms with Crippen molar-refractivity contribution in [1.82, 2.24) is 9.71 Å². The van der Waals surface area contributed by atoms with Crippen molar-refractivity contribution in [3.63, 3.8) is 0 Å². The quantitative estimate of drug-likeness (QED) is 0.0999. The van der Waals surface area contributed by atoms with Crippen molar-refractivity contribution < 1.29 is 41.1 Å². The Hall–Kier alpha value is -4.96. The second-order valence-corrected chi connectivity index (χ2v) is 14.3. The van der Waals surface area contributed by atoms with Crippen LogP contribution in [0.15, 0.2) is 114 Å². The largest absolute Gasteiger partial charge is 0.494 e. The number of H-pyrrole nitrogens is 1. The Kier molecular flexibility index (Phi) is 13.0. The predicted molar refractivity (Wildman–Crippen MR) is 193 cm³/mol. The lowest BCUT2D eigenvalue weighted by atomic mass is 9.97. The Morgan fingerprint density at radius 3 is 1.58 bits per heavy atom. The number of nitrogens with zero attached hydrogens (tertiary/aromatic N) is 1. The molecular weight excluding hydrogens is 683 g/mol. The fourth-order valence-corrected chi connectivity index (χ4v) is 5.40. The number of sulfonamides is 1. The smallest absolute Gasteiger partial charge is 0.280 e. The zero-order valence-electron chi connectivity index (χ0n) is 27.3. The van der Waals surface area contributed by atoms with E-state index in [1.54, 1.807) is 0 Å². The average molecular weight is 720 g/mol. The van der Waals surface area contributed by atoms with Gasteiger partial charge in [0.2, 0.25) is 10.0 Å². The van der Waals surface area contributed by atoms with Crippen molar-refractivity contribution in [2.45, 2.75) is 0 Å². The molecule has 6 rings (SSSR count). The van der Waals surface area contributed by atoms with Gasteiger partial charge < -0.3 is 19.9 Å². The minimum absolute atomic E-state index is 0.0428. The molecule has 1 aromatic heterocycles. The van der Waals surface area contributed by atoms with E-state index in [1.807, 2.05) is 84.9 Å². The molecule has 12 nitrogen and oxygen atoms in total. The first kappa shape index (κ1) is 37.9. The second-order valence-electron chi connectivity index (χ2n) is 11.0. The maximum absolute atomic E-state index is 12.9. The number of aliphatic hydroxyl groups excluding tert-OH is 1. The number of carbonyl (C=O) groups excluding carboxylic acids is 1. The number of aliphatic hydroxyl groups is 1. The van der Waals surface area contributed by atoms with E-state index in [0.29, 0.717) is 28.8 Å². The molecule has 1 amide bonds. The van der Waals surface area contributed by atoms with Crippen LogP contribution in [0.5, 0.6) is 5.88 Å². The Balaban J connectivity index is 0.000000295. The molecule has 0 fully saturated rings. The first-order chi connectivity index (χ1) is 23.7. The summed E-state index contributed by atoms with van der Waals surface area (Å²) in [6.45, 7) is 0.733. The maximum atomic E-state index is 12.9. The third-order valence-corrected chi connectivity index (χ3v) is 7.77. The lowest BCUT2D eigenvalue weighted by Crippen LogP contribution is -2.26. The number of nitrogens with one attached hydrogen (secondary N) is 2. The second kappa shape index (κ2) is 17.1. The summed E-state index contributed by atoms with van der Waals surface area (Å²) in [5.74, 6) is -0.398. The molecule has 4 aromatic carbocycles. The van der Waals surface area contributed by atoms with Crippen molar-refractivity contribution in [3.05, 3.63) is 126 Å². The van der Waals surface area contributed by atoms with Crippen LogP contribution >= 0.6 is 0 Å². The monoisotopic (exact) mass is 719 g/mol. The van der Waals surface area contributed by atoms with Gasteiger partial charge in [0, 0.05) is 12.1 Å². The standard InChI is InChI=1S/C30H20N2O2.C5H13NO4S.CH4O3S/c33-29-25-26(28(32-29)24-17-13-22(14-18-24)20-9-5-2-6-10-20)30(34)31-27(25)23-15-11-21(12-16-23)19-7-3-1-4-8-19;1-11(8,9)6-2-4-10-5-3-7;1-5(2,3)4/h1-18,31,34H;6-7H,2-5H2,1H3;1H3,(H,2,3,4). The van der Waals surface area contributed by atoms with Crippen LogP contribution in [0.25, 0.3) is 33.5 Å². The van der Waals surface area contributed by atoms with Crippen LogP contribution in [0, 0.1) is 0 Å². The SMILES string of the molecule is CS(=O)(=O)NCCOCCO.CS(=O)(=O)O.O=C1N=C(c2ccc(-c3ccccc3)cc2)c2c(O)[nH]c(-c3ccc(-c4ccccc4)cc3)c21. The highest BCUT2D eigenvalue weighted by Crippen LogP contribution is 2.38. The van der Waals surface area contributed by atoms with Gasteiger partial charge in [-0.15, -0.1) is 0 Å². The van der Waals surface area contributed by atoms with E-state index in [9.17, 15) is 26.7 Å². The highest BCUT2D eigenvalue weighted by atomic mass is 32.2. The van der Waals surface area contributed by atoms with Gasteiger partial charge in [0.15, 0.2) is 5.88 Å². The number of hydrogen-bond donors (Lipinski definition) is 5. The van der Waals surface area contributed by atoms with Crippen LogP contribution in [-0.4, -0.2) is 87.1 Å². The van der Waals surface area contributed by atoms with Crippen molar-refractivity contribution in [2.75, 3.05) is 38.9 Å². The van der Waals surface area contributed by atoms with Crippen LogP contribution in [0.3, 0.4) is 0 Å². The van der Waals surface area contributed by atoms with E-state index < -0.39 is 20.1 Å². The van der Waals surface area contributed by atoms with Gasteiger partial charge in [0.25, 0.3) is 16.0 Å². The van der Waals surface area contributed by atoms with Gasteiger partial charge in [-0.05, 0) is 27.8 Å². The number of fused-ring (bicyclic) bond motifs is 1. The maximum Gasteiger partial charge on any atom is 0.280 e. The minimum Gasteiger partial charge on any atom is -0.494 e. The molecule has 2 heterocycles. The number of aromatic amines is 1. The van der Waals surface area contributed by atoms with Crippen molar-refractivity contribution in [1.29, 1.82) is 0 Å². The molecule has 0 saturated carbocycles. The molecule has 0 spiro atoms. The summed E-state index contributed by atoms with van der Waals surface area (Å²) in [6, 6.07) is 36.0. The number of ether oxygens (including phenoxy) is 1. The van der Waals surface area contributed by atoms with Gasteiger partial charge in [0.1, 0.15) is 0 Å². The van der Waals surface area contributed by atoms with E-state index in [0.717, 1.165) is 39.6 Å². The Morgan fingerprint density at radius 2 is 1.12 bits per heavy atom. The summed E-state index contributed by atoms with van der Waals surface area (Å²) in [5.41, 5.74) is 7.93. The summed E-state index contributed by atoms with van der Waals surface area (Å²) >= 11 is 0. The number of aliphatic imine (C=N–C) groups is 1. The minimum atomic E-state index is -3.67. The van der Waals surface area contributed by atoms with Crippen LogP contribution in [0.1, 0.15) is 21.5 Å². The summed E-state index contributed by atoms with van der Waals surface area (Å²) in [6.07, 6.45) is 1.80. The number of carbonyl (C=O) groups is 1. The topological polar surface area (TPSA) is 195 Å². The number of aromatic nitrogens is 1. The Labute approximate surface area is 290 Å². The highest BCUT2D eigenvalue weighted by molar-refractivity contribution is 7.88. The molecule has 1 aliphatic rings. The first-order valence-corrected chi connectivity index (χ1v) is 18.9. The van der Waals surface area contributed by atoms with Gasteiger partial charge in [0.05, 0.1) is 54.9 Å². The van der Waals surface area contributed by atoms with E-state index in [-0.39, 0.29) is 38.2 Å². The third-order valence-electron chi connectivity index (χ3n) is 7.04. The Morgan fingerprint density at radius 1 is 0.680 bits per heavy atom. The lowest BCUT2D eigenvalue weighted by Gasteiger charge is -2.05. The normalized spacial score (nSPS) is 12.2. The summed E-state index contributed by atoms with van der Waals surface area (Å²) < 4.78 is 53.8. The van der Waals surface area contributed by atoms with Gasteiger partial charge in [-0.3, -0.25) is 9.35 Å². The van der Waals surface area contributed by atoms with E-state index >= 15 is 0 Å². The van der Waals surface area contributed by atoms with Gasteiger partial charge >= 0.3 is 0 Å². The van der Waals surface area contributed by atoms with Crippen molar-refractivity contribution in [3.8, 4) is 39.4 Å². The fourth-order valence-electron chi connectivity index (χ4n) is 4.95. The summed E-state index contributed by atoms with van der Waals surface area (Å²) in [5, 5.41) is 19.0. The van der Waals surface area contributed by atoms with Crippen LogP contribution < -0.4 is 4.72 Å². The van der Waals surface area contributed by atoms with E-state index in [2.05, 4.69) is 39.0 Å². The van der Waals surface area contributed by atoms with Crippen molar-refractivity contribution >= 4 is 31.8 Å². The molecule has 0 unspecified atom stereocenters. The molecule has 0 bridgehead atoms. The molecular formula is C36H37N3O9S2. The van der Waals surface area contributed by atoms with E-state index in [4.69, 9.17) is 14.4 Å². The highest BCUT2D eigenvalue weighted by Gasteiger charge is 2.33. The zero-order chi connectivity index (χ0) is 36.3. The number of aromatic hydroxyl groups is 1. The number of rotatable bonds is 10. The molecule has 0 aliphatic carbocycles. The first-order valence-electron chi connectivity index (χ1n) is 15.2. The van der Waals surface area contributed by atoms with Crippen LogP contribution in [0.4, 0.5) is 0 Å². The molecule has 0 radical (unpaired) electrons. The fraction of sp³-hybridized carbons (Fsp3) is 0.167. The van der Waals surface area contributed by atoms with Crippen LogP contribution in [0.2, 0.25) is 0 Å². The molecule has 50 heavy (non-hydrogen) atoms. The lowest BCUT2D eigenvalue weighted by molar-refractivity contribution is 0.0961. The Bertz CT molecular complexity index is 2120. The summed E-state index contributed by atoms with van der Waals surface area (Å²) in [4.78, 5) is 20.2. The molecule has 262 valence electrons. The molecule has 14 heteroatoms. The van der Waals surface area contributed by atoms with E-state index in [1.165, 1.54) is 0 Å². The molecule has 1 aliphatic heterocycles. The van der Waals surface area contributed by atoms with Gasteiger partial charge in [-0.1, -0.05) is 109 Å². The number of hydrogen-bond acceptors (Lipinski definition) is 8. The summed E-state index contributed by atoms with van der Waals surface area (Å²) in [7, 11) is -6.77. The van der Waals surface area contributed by atoms with Crippen LogP contribution in [-0.2, 0) is 24.9 Å². The predicted octanol–water partition coefficient (Wildman–Crippen LogP) is 4.76. The van der Waals surface area contributed by atoms with Crippen molar-refractivity contribution in [2.24, 2.45) is 4.99 Å². The molecule has 0 saturated heterocycles. The number of amides is 1. The molecule has 5 aromatic rings. The molecule has 0 atom stereocenters. The zero-order valence-corrected chi connectivity index (χ0v) is 28.9. The molecule has 5 N–H and O–H groups in total. The number of benzene rings is 4. The van der Waals surface area contributed by atoms with Gasteiger partial charge in [-0.2, -0.15) is 8.42 Å². The van der Waals surface area contributed by atoms with Gasteiger partial charge in [-0.25, -0.2) is 18.1 Å².